The maximum Gasteiger partial charge on any atom is 0.269 e. The lowest BCUT2D eigenvalue weighted by Gasteiger charge is -2.42. The Labute approximate surface area is 120 Å². The van der Waals surface area contributed by atoms with Gasteiger partial charge in [0, 0.05) is 0 Å². The number of pyridine rings is 1. The average molecular weight is 325 g/mol. The zero-order valence-corrected chi connectivity index (χ0v) is 12.7. The Kier molecular flexibility index (Phi) is 2.68. The van der Waals surface area contributed by atoms with E-state index in [1.165, 1.54) is 0 Å². The summed E-state index contributed by atoms with van der Waals surface area (Å²) in [6.07, 6.45) is 3.64. The predicted octanol–water partition coefficient (Wildman–Crippen LogP) is 2.61. The van der Waals surface area contributed by atoms with Crippen molar-refractivity contribution in [1.29, 1.82) is 0 Å². The van der Waals surface area contributed by atoms with Gasteiger partial charge in [-0.15, -0.1) is 0 Å². The van der Waals surface area contributed by atoms with Gasteiger partial charge in [-0.3, -0.25) is 14.2 Å². The van der Waals surface area contributed by atoms with Crippen molar-refractivity contribution >= 4 is 21.8 Å². The van der Waals surface area contributed by atoms with Crippen LogP contribution in [0.25, 0.3) is 0 Å². The number of nitrogens with zero attached hydrogens (tertiary/aromatic N) is 1. The number of carbonyl (C=O) groups is 1. The van der Waals surface area contributed by atoms with Gasteiger partial charge in [-0.1, -0.05) is 13.8 Å². The summed E-state index contributed by atoms with van der Waals surface area (Å²) in [5, 5.41) is 3.04. The first-order valence-electron chi connectivity index (χ1n) is 6.59. The fourth-order valence-electron chi connectivity index (χ4n) is 3.14. The van der Waals surface area contributed by atoms with Crippen molar-refractivity contribution in [1.82, 2.24) is 9.88 Å². The molecule has 1 aromatic rings. The van der Waals surface area contributed by atoms with Crippen LogP contribution in [0.15, 0.2) is 21.4 Å². The lowest BCUT2D eigenvalue weighted by Crippen LogP contribution is -2.50. The summed E-state index contributed by atoms with van der Waals surface area (Å²) < 4.78 is 2.17. The Morgan fingerprint density at radius 1 is 1.16 bits per heavy atom. The van der Waals surface area contributed by atoms with Gasteiger partial charge in [0.15, 0.2) is 0 Å². The molecule has 1 N–H and O–H groups in total. The molecule has 1 saturated carbocycles. The minimum Gasteiger partial charge on any atom is -0.327 e. The maximum absolute atomic E-state index is 12.4. The van der Waals surface area contributed by atoms with Crippen LogP contribution < -0.4 is 10.9 Å². The lowest BCUT2D eigenvalue weighted by atomic mass is 9.73. The van der Waals surface area contributed by atoms with Crippen molar-refractivity contribution in [2.75, 3.05) is 0 Å². The molecule has 1 aliphatic heterocycles. The molecule has 19 heavy (non-hydrogen) atoms. The Hall–Kier alpha value is -1.10. The van der Waals surface area contributed by atoms with Crippen LogP contribution in [0, 0.1) is 5.41 Å². The fraction of sp³-hybridized carbons (Fsp3) is 0.571. The van der Waals surface area contributed by atoms with Gasteiger partial charge >= 0.3 is 0 Å². The molecule has 4 nitrogen and oxygen atoms in total. The van der Waals surface area contributed by atoms with Crippen LogP contribution in [-0.2, 0) is 5.66 Å². The minimum atomic E-state index is -0.511. The van der Waals surface area contributed by atoms with Crippen LogP contribution in [-0.4, -0.2) is 10.5 Å². The number of aromatic nitrogens is 1. The maximum atomic E-state index is 12.4. The third kappa shape index (κ3) is 1.86. The number of rotatable bonds is 0. The van der Waals surface area contributed by atoms with Gasteiger partial charge < -0.3 is 5.32 Å². The predicted molar refractivity (Wildman–Crippen MR) is 76.1 cm³/mol. The van der Waals surface area contributed by atoms with Crippen molar-refractivity contribution < 1.29 is 4.79 Å². The molecule has 3 rings (SSSR count). The van der Waals surface area contributed by atoms with E-state index in [0.29, 0.717) is 10.2 Å². The molecule has 2 aliphatic rings. The van der Waals surface area contributed by atoms with Crippen LogP contribution in [0.2, 0.25) is 0 Å². The fourth-order valence-corrected chi connectivity index (χ4v) is 3.45. The number of amides is 1. The second-order valence-electron chi connectivity index (χ2n) is 6.36. The van der Waals surface area contributed by atoms with E-state index < -0.39 is 5.66 Å². The second kappa shape index (κ2) is 3.95. The molecule has 1 aliphatic carbocycles. The molecule has 1 fully saturated rings. The molecule has 0 radical (unpaired) electrons. The Morgan fingerprint density at radius 3 is 2.42 bits per heavy atom. The lowest BCUT2D eigenvalue weighted by molar-refractivity contribution is 0.0728. The van der Waals surface area contributed by atoms with Crippen LogP contribution in [0.1, 0.15) is 50.0 Å². The zero-order chi connectivity index (χ0) is 13.8. The van der Waals surface area contributed by atoms with E-state index in [1.807, 2.05) is 0 Å². The van der Waals surface area contributed by atoms with Gasteiger partial charge in [0.05, 0.1) is 4.47 Å². The number of fused-ring (bicyclic) bond motifs is 2. The summed E-state index contributed by atoms with van der Waals surface area (Å²) in [6.45, 7) is 4.47. The van der Waals surface area contributed by atoms with E-state index in [2.05, 4.69) is 35.1 Å². The third-order valence-electron chi connectivity index (χ3n) is 4.47. The normalized spacial score (nSPS) is 23.2. The van der Waals surface area contributed by atoms with E-state index in [9.17, 15) is 9.59 Å². The summed E-state index contributed by atoms with van der Waals surface area (Å²) in [4.78, 5) is 24.4. The first kappa shape index (κ1) is 12.9. The molecular formula is C14H17BrN2O2. The third-order valence-corrected chi connectivity index (χ3v) is 5.08. The van der Waals surface area contributed by atoms with Crippen molar-refractivity contribution in [3.05, 3.63) is 32.7 Å². The number of hydrogen-bond acceptors (Lipinski definition) is 2. The van der Waals surface area contributed by atoms with Crippen molar-refractivity contribution in [3.8, 4) is 0 Å². The topological polar surface area (TPSA) is 51.1 Å². The van der Waals surface area contributed by atoms with E-state index in [-0.39, 0.29) is 16.9 Å². The summed E-state index contributed by atoms with van der Waals surface area (Å²) in [5.41, 5.74) is 0.139. The molecule has 1 spiro atoms. The first-order valence-corrected chi connectivity index (χ1v) is 7.39. The van der Waals surface area contributed by atoms with Gasteiger partial charge in [0.1, 0.15) is 11.4 Å². The van der Waals surface area contributed by atoms with Crippen molar-refractivity contribution in [2.24, 2.45) is 5.41 Å². The highest BCUT2D eigenvalue weighted by Gasteiger charge is 2.47. The van der Waals surface area contributed by atoms with Crippen molar-refractivity contribution in [2.45, 2.75) is 45.2 Å². The molecule has 0 unspecified atom stereocenters. The summed E-state index contributed by atoms with van der Waals surface area (Å²) in [6, 6.07) is 3.37. The van der Waals surface area contributed by atoms with Crippen molar-refractivity contribution in [3.63, 3.8) is 0 Å². The van der Waals surface area contributed by atoms with Crippen LogP contribution in [0.5, 0.6) is 0 Å². The number of halogens is 1. The monoisotopic (exact) mass is 324 g/mol. The van der Waals surface area contributed by atoms with Crippen LogP contribution in [0.4, 0.5) is 0 Å². The van der Waals surface area contributed by atoms with E-state index in [1.54, 1.807) is 16.7 Å². The van der Waals surface area contributed by atoms with E-state index >= 15 is 0 Å². The molecule has 2 heterocycles. The summed E-state index contributed by atoms with van der Waals surface area (Å²) >= 11 is 3.27. The first-order chi connectivity index (χ1) is 8.85. The van der Waals surface area contributed by atoms with E-state index in [0.717, 1.165) is 25.7 Å². The smallest absolute Gasteiger partial charge is 0.269 e. The Balaban J connectivity index is 2.12. The highest BCUT2D eigenvalue weighted by Crippen LogP contribution is 2.44. The molecule has 1 amide bonds. The quantitative estimate of drug-likeness (QED) is 0.797. The molecular weight excluding hydrogens is 308 g/mol. The number of carbonyl (C=O) groups excluding carboxylic acids is 1. The van der Waals surface area contributed by atoms with Gasteiger partial charge in [0.25, 0.3) is 11.5 Å². The molecule has 0 bridgehead atoms. The van der Waals surface area contributed by atoms with Crippen LogP contribution >= 0.6 is 15.9 Å². The Morgan fingerprint density at radius 2 is 1.79 bits per heavy atom. The molecule has 0 aromatic carbocycles. The Bertz CT molecular complexity index is 608. The van der Waals surface area contributed by atoms with Gasteiger partial charge in [-0.05, 0) is 59.2 Å². The zero-order valence-electron chi connectivity index (χ0n) is 11.1. The molecule has 102 valence electrons. The highest BCUT2D eigenvalue weighted by molar-refractivity contribution is 9.10. The number of nitrogens with one attached hydrogen (secondary N) is 1. The second-order valence-corrected chi connectivity index (χ2v) is 7.21. The number of hydrogen-bond donors (Lipinski definition) is 1. The molecule has 5 heteroatoms. The molecule has 1 aromatic heterocycles. The highest BCUT2D eigenvalue weighted by atomic mass is 79.9. The molecule has 0 saturated heterocycles. The molecule has 0 atom stereocenters. The van der Waals surface area contributed by atoms with Gasteiger partial charge in [-0.2, -0.15) is 0 Å². The van der Waals surface area contributed by atoms with Crippen LogP contribution in [0.3, 0.4) is 0 Å². The average Bonchev–Trinajstić information content (AvgIpc) is 2.62. The van der Waals surface area contributed by atoms with Gasteiger partial charge in [-0.25, -0.2) is 0 Å². The minimum absolute atomic E-state index is 0.115. The largest absolute Gasteiger partial charge is 0.327 e. The standard InChI is InChI=1S/C14H17BrN2O2/c1-13(2)5-7-14(8-6-13)16-11(18)10-4-3-9(15)12(19)17(10)14/h3-4H,5-8H2,1-2H3,(H,16,18). The summed E-state index contributed by atoms with van der Waals surface area (Å²) in [7, 11) is 0. The van der Waals surface area contributed by atoms with E-state index in [4.69, 9.17) is 0 Å². The summed E-state index contributed by atoms with van der Waals surface area (Å²) in [5.74, 6) is -0.135. The SMILES string of the molecule is CC1(C)CCC2(CC1)NC(=O)c1ccc(Br)c(=O)n12. The van der Waals surface area contributed by atoms with Gasteiger partial charge in [0.2, 0.25) is 0 Å².